The summed E-state index contributed by atoms with van der Waals surface area (Å²) >= 11 is 0. The number of benzene rings is 1. The van der Waals surface area contributed by atoms with E-state index in [0.29, 0.717) is 5.39 Å². The van der Waals surface area contributed by atoms with Crippen LogP contribution in [0.3, 0.4) is 0 Å². The maximum Gasteiger partial charge on any atom is 0.393 e. The van der Waals surface area contributed by atoms with Gasteiger partial charge in [0, 0.05) is 17.0 Å². The van der Waals surface area contributed by atoms with Crippen molar-refractivity contribution in [3.63, 3.8) is 0 Å². The Kier molecular flexibility index (Phi) is 2.17. The highest BCUT2D eigenvalue weighted by Gasteiger charge is 2.29. The molecule has 0 bridgehead atoms. The van der Waals surface area contributed by atoms with Crippen molar-refractivity contribution in [2.24, 2.45) is 0 Å². The molecule has 0 radical (unpaired) electrons. The zero-order valence-corrected chi connectivity index (χ0v) is 7.44. The zero-order valence-electron chi connectivity index (χ0n) is 7.44. The molecule has 2 aromatic rings. The number of rotatable bonds is 1. The Morgan fingerprint density at radius 2 is 1.93 bits per heavy atom. The number of furan rings is 1. The minimum absolute atomic E-state index is 0.0255. The van der Waals surface area contributed by atoms with Crippen LogP contribution in [0.2, 0.25) is 0 Å². The summed E-state index contributed by atoms with van der Waals surface area (Å²) in [6, 6.07) is 3.46. The molecule has 0 aliphatic carbocycles. The fourth-order valence-corrected chi connectivity index (χ4v) is 1.41. The van der Waals surface area contributed by atoms with Gasteiger partial charge in [0.1, 0.15) is 11.4 Å². The fraction of sp³-hybridized carbons (Fsp3) is 0.200. The van der Waals surface area contributed by atoms with E-state index in [0.717, 1.165) is 18.4 Å². The van der Waals surface area contributed by atoms with Crippen LogP contribution in [0.15, 0.2) is 28.9 Å². The van der Waals surface area contributed by atoms with Crippen molar-refractivity contribution in [1.29, 1.82) is 0 Å². The van der Waals surface area contributed by atoms with Gasteiger partial charge in [0.25, 0.3) is 0 Å². The van der Waals surface area contributed by atoms with Crippen molar-refractivity contribution in [3.8, 4) is 0 Å². The van der Waals surface area contributed by atoms with E-state index in [1.165, 1.54) is 6.07 Å². The Labute approximate surface area is 82.3 Å². The normalized spacial score (nSPS) is 12.3. The largest absolute Gasteiger partial charge is 0.464 e. The molecule has 0 saturated carbocycles. The van der Waals surface area contributed by atoms with Gasteiger partial charge in [0.15, 0.2) is 0 Å². The summed E-state index contributed by atoms with van der Waals surface area (Å²) < 4.78 is 53.9. The Balaban J connectivity index is 2.45. The second-order valence-corrected chi connectivity index (χ2v) is 3.19. The summed E-state index contributed by atoms with van der Waals surface area (Å²) in [6.45, 7) is 0. The highest BCUT2D eigenvalue weighted by molar-refractivity contribution is 5.81. The van der Waals surface area contributed by atoms with E-state index in [1.807, 2.05) is 0 Å². The van der Waals surface area contributed by atoms with Crippen LogP contribution >= 0.6 is 0 Å². The third-order valence-electron chi connectivity index (χ3n) is 2.01. The predicted octanol–water partition coefficient (Wildman–Crippen LogP) is 3.68. The van der Waals surface area contributed by atoms with E-state index in [1.54, 1.807) is 0 Å². The molecule has 0 atom stereocenters. The van der Waals surface area contributed by atoms with Crippen LogP contribution in [-0.2, 0) is 6.42 Å². The first-order valence-electron chi connectivity index (χ1n) is 4.18. The Bertz CT molecular complexity index is 484. The molecule has 0 N–H and O–H groups in total. The van der Waals surface area contributed by atoms with Gasteiger partial charge in [-0.3, -0.25) is 0 Å². The first-order chi connectivity index (χ1) is 6.96. The Morgan fingerprint density at radius 1 is 1.20 bits per heavy atom. The van der Waals surface area contributed by atoms with Gasteiger partial charge in [0.2, 0.25) is 0 Å². The first-order valence-corrected chi connectivity index (χ1v) is 4.18. The van der Waals surface area contributed by atoms with Crippen LogP contribution in [0.1, 0.15) is 5.56 Å². The molecular formula is C10H6F4O. The fourth-order valence-electron chi connectivity index (χ4n) is 1.41. The third kappa shape index (κ3) is 2.11. The van der Waals surface area contributed by atoms with Crippen molar-refractivity contribution in [1.82, 2.24) is 0 Å². The van der Waals surface area contributed by atoms with E-state index in [9.17, 15) is 17.6 Å². The summed E-state index contributed by atoms with van der Waals surface area (Å²) in [5.74, 6) is -0.532. The van der Waals surface area contributed by atoms with Crippen LogP contribution in [0.5, 0.6) is 0 Å². The molecule has 15 heavy (non-hydrogen) atoms. The first kappa shape index (κ1) is 10.0. The zero-order chi connectivity index (χ0) is 11.1. The lowest BCUT2D eigenvalue weighted by Gasteiger charge is -2.03. The summed E-state index contributed by atoms with van der Waals surface area (Å²) in [6.07, 6.45) is -4.34. The lowest BCUT2D eigenvalue weighted by molar-refractivity contribution is -0.127. The molecule has 5 heteroatoms. The molecule has 0 spiro atoms. The lowest BCUT2D eigenvalue weighted by atomic mass is 10.1. The lowest BCUT2D eigenvalue weighted by Crippen LogP contribution is -2.10. The average molecular weight is 218 g/mol. The number of alkyl halides is 3. The molecule has 1 heterocycles. The van der Waals surface area contributed by atoms with Gasteiger partial charge >= 0.3 is 6.18 Å². The maximum atomic E-state index is 12.7. The van der Waals surface area contributed by atoms with Crippen LogP contribution in [0.25, 0.3) is 11.0 Å². The maximum absolute atomic E-state index is 12.7. The van der Waals surface area contributed by atoms with Gasteiger partial charge in [-0.15, -0.1) is 0 Å². The van der Waals surface area contributed by atoms with Crippen molar-refractivity contribution >= 4 is 11.0 Å². The Morgan fingerprint density at radius 3 is 2.60 bits per heavy atom. The summed E-state index contributed by atoms with van der Waals surface area (Å²) in [5, 5.41) is 0.300. The van der Waals surface area contributed by atoms with Crippen LogP contribution < -0.4 is 0 Å². The Hall–Kier alpha value is -1.52. The summed E-state index contributed by atoms with van der Waals surface area (Å²) in [4.78, 5) is 0. The van der Waals surface area contributed by atoms with E-state index < -0.39 is 18.4 Å². The predicted molar refractivity (Wildman–Crippen MR) is 45.9 cm³/mol. The van der Waals surface area contributed by atoms with Gasteiger partial charge in [-0.25, -0.2) is 4.39 Å². The molecular weight excluding hydrogens is 212 g/mol. The number of fused-ring (bicyclic) bond motifs is 1. The second-order valence-electron chi connectivity index (χ2n) is 3.19. The van der Waals surface area contributed by atoms with Gasteiger partial charge in [-0.1, -0.05) is 0 Å². The van der Waals surface area contributed by atoms with Gasteiger partial charge < -0.3 is 4.42 Å². The van der Waals surface area contributed by atoms with Crippen LogP contribution in [-0.4, -0.2) is 6.18 Å². The molecule has 0 fully saturated rings. The molecule has 1 aromatic heterocycles. The average Bonchev–Trinajstić information content (AvgIpc) is 2.45. The molecule has 0 aliphatic heterocycles. The van der Waals surface area contributed by atoms with E-state index in [2.05, 4.69) is 0 Å². The molecule has 1 aromatic carbocycles. The van der Waals surface area contributed by atoms with Crippen molar-refractivity contribution < 1.29 is 22.0 Å². The summed E-state index contributed by atoms with van der Waals surface area (Å²) in [7, 11) is 0. The molecule has 0 aliphatic rings. The van der Waals surface area contributed by atoms with E-state index in [-0.39, 0.29) is 11.1 Å². The summed E-state index contributed by atoms with van der Waals surface area (Å²) in [5.41, 5.74) is 0.159. The SMILES string of the molecule is Fc1ccc2c(CC(F)(F)F)coc2c1. The molecule has 0 amide bonds. The van der Waals surface area contributed by atoms with Gasteiger partial charge in [-0.2, -0.15) is 13.2 Å². The van der Waals surface area contributed by atoms with Crippen LogP contribution in [0, 0.1) is 5.82 Å². The molecule has 2 rings (SSSR count). The monoisotopic (exact) mass is 218 g/mol. The van der Waals surface area contributed by atoms with Crippen LogP contribution in [0.4, 0.5) is 17.6 Å². The van der Waals surface area contributed by atoms with Gasteiger partial charge in [0.05, 0.1) is 12.7 Å². The van der Waals surface area contributed by atoms with Gasteiger partial charge in [-0.05, 0) is 12.1 Å². The standard InChI is InChI=1S/C10H6F4O/c11-7-1-2-8-6(4-10(12,13)14)5-15-9(8)3-7/h1-3,5H,4H2. The van der Waals surface area contributed by atoms with Crippen molar-refractivity contribution in [2.75, 3.05) is 0 Å². The minimum atomic E-state index is -4.29. The van der Waals surface area contributed by atoms with E-state index >= 15 is 0 Å². The number of hydrogen-bond donors (Lipinski definition) is 0. The van der Waals surface area contributed by atoms with Crippen molar-refractivity contribution in [3.05, 3.63) is 35.8 Å². The number of hydrogen-bond acceptors (Lipinski definition) is 1. The second kappa shape index (κ2) is 3.25. The molecule has 0 saturated heterocycles. The third-order valence-corrected chi connectivity index (χ3v) is 2.01. The van der Waals surface area contributed by atoms with E-state index in [4.69, 9.17) is 4.42 Å². The van der Waals surface area contributed by atoms with Crippen molar-refractivity contribution in [2.45, 2.75) is 12.6 Å². The highest BCUT2D eigenvalue weighted by Crippen LogP contribution is 2.28. The minimum Gasteiger partial charge on any atom is -0.464 e. The topological polar surface area (TPSA) is 13.1 Å². The molecule has 80 valence electrons. The molecule has 0 unspecified atom stereocenters. The smallest absolute Gasteiger partial charge is 0.393 e. The molecule has 1 nitrogen and oxygen atoms in total. The quantitative estimate of drug-likeness (QED) is 0.665. The highest BCUT2D eigenvalue weighted by atomic mass is 19.4. The number of halogens is 4.